The normalized spacial score (nSPS) is 17.9. The number of rotatable bonds is 4. The van der Waals surface area contributed by atoms with E-state index in [-0.39, 0.29) is 10.7 Å². The van der Waals surface area contributed by atoms with E-state index < -0.39 is 0 Å². The van der Waals surface area contributed by atoms with Gasteiger partial charge in [0.1, 0.15) is 12.4 Å². The Morgan fingerprint density at radius 3 is 2.71 bits per heavy atom. The topological polar surface area (TPSA) is 29.5 Å². The fourth-order valence-corrected chi connectivity index (χ4v) is 2.66. The molecule has 0 saturated heterocycles. The van der Waals surface area contributed by atoms with Crippen LogP contribution >= 0.6 is 15.9 Å². The third kappa shape index (κ3) is 3.68. The van der Waals surface area contributed by atoms with Crippen molar-refractivity contribution in [1.29, 1.82) is 0 Å². The Hall–Kier alpha value is -1.73. The molecule has 0 aromatic heterocycles. The molecule has 1 aliphatic heterocycles. The van der Waals surface area contributed by atoms with Crippen LogP contribution in [0.2, 0.25) is 0 Å². The maximum atomic E-state index is 12.2. The van der Waals surface area contributed by atoms with Gasteiger partial charge in [0, 0.05) is 12.2 Å². The molecule has 21 heavy (non-hydrogen) atoms. The first-order valence-electron chi connectivity index (χ1n) is 6.95. The summed E-state index contributed by atoms with van der Waals surface area (Å²) in [5.74, 6) is 6.55. The zero-order chi connectivity index (χ0) is 15.2. The smallest absolute Gasteiger partial charge is 0.241 e. The first-order chi connectivity index (χ1) is 10.2. The Labute approximate surface area is 134 Å². The van der Waals surface area contributed by atoms with Crippen LogP contribution in [0.5, 0.6) is 5.75 Å². The summed E-state index contributed by atoms with van der Waals surface area (Å²) < 4.78 is 5.50. The maximum Gasteiger partial charge on any atom is 0.241 e. The van der Waals surface area contributed by atoms with Gasteiger partial charge in [0.25, 0.3) is 0 Å². The van der Waals surface area contributed by atoms with Gasteiger partial charge in [-0.15, -0.1) is 5.92 Å². The fourth-order valence-electron chi connectivity index (χ4n) is 2.23. The number of hydrogen-bond acceptors (Lipinski definition) is 2. The molecule has 1 aliphatic rings. The first kappa shape index (κ1) is 15.7. The second-order valence-electron chi connectivity index (χ2n) is 4.61. The second kappa shape index (κ2) is 7.33. The van der Waals surface area contributed by atoms with Crippen LogP contribution in [-0.4, -0.2) is 28.8 Å². The fraction of sp³-hybridized carbons (Fsp3) is 0.353. The largest absolute Gasteiger partial charge is 0.481 e. The summed E-state index contributed by atoms with van der Waals surface area (Å²) in [6, 6.07) is 7.77. The molecule has 0 bridgehead atoms. The molecule has 110 valence electrons. The highest BCUT2D eigenvalue weighted by Gasteiger charge is 2.27. The van der Waals surface area contributed by atoms with Crippen molar-refractivity contribution in [2.75, 3.05) is 13.2 Å². The van der Waals surface area contributed by atoms with Crippen molar-refractivity contribution in [3.63, 3.8) is 0 Å². The highest BCUT2D eigenvalue weighted by molar-refractivity contribution is 9.10. The summed E-state index contributed by atoms with van der Waals surface area (Å²) in [5.41, 5.74) is 2.00. The Bertz CT molecular complexity index is 595. The highest BCUT2D eigenvalue weighted by Crippen LogP contribution is 2.29. The number of allylic oxidation sites excluding steroid dienone is 1. The lowest BCUT2D eigenvalue weighted by molar-refractivity contribution is -0.127. The van der Waals surface area contributed by atoms with Gasteiger partial charge in [0.05, 0.1) is 4.83 Å². The Morgan fingerprint density at radius 2 is 2.10 bits per heavy atom. The molecule has 1 unspecified atom stereocenters. The molecule has 0 aliphatic carbocycles. The number of carbonyl (C=O) groups excluding carboxylic acids is 1. The lowest BCUT2D eigenvalue weighted by Gasteiger charge is -2.30. The van der Waals surface area contributed by atoms with Gasteiger partial charge < -0.3 is 9.64 Å². The van der Waals surface area contributed by atoms with Crippen LogP contribution in [0.25, 0.3) is 5.70 Å². The van der Waals surface area contributed by atoms with Gasteiger partial charge in [-0.2, -0.15) is 0 Å². The summed E-state index contributed by atoms with van der Waals surface area (Å²) in [5, 5.41) is 0. The van der Waals surface area contributed by atoms with Crippen molar-refractivity contribution in [3.05, 3.63) is 35.9 Å². The van der Waals surface area contributed by atoms with Crippen molar-refractivity contribution in [2.45, 2.75) is 25.1 Å². The van der Waals surface area contributed by atoms with Gasteiger partial charge in [0.2, 0.25) is 5.91 Å². The van der Waals surface area contributed by atoms with Crippen molar-refractivity contribution in [2.24, 2.45) is 0 Å². The number of amides is 1. The minimum absolute atomic E-state index is 0.114. The number of alkyl halides is 1. The first-order valence-corrected chi connectivity index (χ1v) is 7.87. The highest BCUT2D eigenvalue weighted by atomic mass is 79.9. The molecule has 0 radical (unpaired) electrons. The maximum absolute atomic E-state index is 12.2. The second-order valence-corrected chi connectivity index (χ2v) is 5.72. The number of nitrogens with zero attached hydrogens (tertiary/aromatic N) is 1. The zero-order valence-electron chi connectivity index (χ0n) is 12.2. The van der Waals surface area contributed by atoms with E-state index in [0.717, 1.165) is 23.4 Å². The molecule has 0 saturated carbocycles. The van der Waals surface area contributed by atoms with E-state index in [9.17, 15) is 4.79 Å². The lowest BCUT2D eigenvalue weighted by atomic mass is 10.0. The minimum Gasteiger partial charge on any atom is -0.481 e. The Morgan fingerprint density at radius 1 is 1.38 bits per heavy atom. The monoisotopic (exact) mass is 347 g/mol. The van der Waals surface area contributed by atoms with Crippen LogP contribution in [0.15, 0.2) is 30.3 Å². The Balaban J connectivity index is 2.17. The van der Waals surface area contributed by atoms with E-state index >= 15 is 0 Å². The molecule has 1 aromatic rings. The third-order valence-corrected chi connectivity index (χ3v) is 4.06. The zero-order valence-corrected chi connectivity index (χ0v) is 13.8. The van der Waals surface area contributed by atoms with E-state index in [1.165, 1.54) is 0 Å². The molecule has 4 heteroatoms. The van der Waals surface area contributed by atoms with Crippen LogP contribution in [0.1, 0.15) is 25.8 Å². The molecule has 1 heterocycles. The summed E-state index contributed by atoms with van der Waals surface area (Å²) in [6.07, 6.45) is 2.82. The van der Waals surface area contributed by atoms with Gasteiger partial charge in [-0.3, -0.25) is 4.79 Å². The van der Waals surface area contributed by atoms with Gasteiger partial charge in [0.15, 0.2) is 0 Å². The summed E-state index contributed by atoms with van der Waals surface area (Å²) in [6.45, 7) is 4.83. The van der Waals surface area contributed by atoms with Crippen LogP contribution in [0.3, 0.4) is 0 Å². The van der Waals surface area contributed by atoms with Crippen LogP contribution in [0.4, 0.5) is 0 Å². The van der Waals surface area contributed by atoms with Crippen molar-refractivity contribution >= 4 is 27.5 Å². The number of ether oxygens (including phenoxy) is 1. The van der Waals surface area contributed by atoms with Gasteiger partial charge in [-0.1, -0.05) is 27.9 Å². The van der Waals surface area contributed by atoms with Crippen LogP contribution < -0.4 is 4.74 Å². The predicted octanol–water partition coefficient (Wildman–Crippen LogP) is 3.45. The number of carbonyl (C=O) groups is 1. The average Bonchev–Trinajstić information content (AvgIpc) is 2.51. The van der Waals surface area contributed by atoms with Gasteiger partial charge in [-0.25, -0.2) is 0 Å². The van der Waals surface area contributed by atoms with E-state index in [2.05, 4.69) is 33.8 Å². The molecule has 1 atom stereocenters. The molecular formula is C17H18BrNO2. The average molecular weight is 348 g/mol. The molecule has 0 N–H and O–H groups in total. The summed E-state index contributed by atoms with van der Waals surface area (Å²) in [7, 11) is 0. The summed E-state index contributed by atoms with van der Waals surface area (Å²) >= 11 is 3.41. The minimum atomic E-state index is -0.114. The standard InChI is InChI=1S/C17H18BrNO2/c1-3-5-12-21-14-8-6-13(7-9-14)16-11-10-15(18)17(20)19(16)4-2/h6-9,11,15H,4,10,12H2,1-2H3. The molecule has 0 spiro atoms. The van der Waals surface area contributed by atoms with E-state index in [4.69, 9.17) is 4.74 Å². The van der Waals surface area contributed by atoms with E-state index in [1.807, 2.05) is 31.2 Å². The lowest BCUT2D eigenvalue weighted by Crippen LogP contribution is -2.38. The van der Waals surface area contributed by atoms with Crippen molar-refractivity contribution in [1.82, 2.24) is 4.90 Å². The SMILES string of the molecule is CC#CCOc1ccc(C2=CCC(Br)C(=O)N2CC)cc1. The Kier molecular flexibility index (Phi) is 5.46. The molecule has 3 nitrogen and oxygen atoms in total. The van der Waals surface area contributed by atoms with E-state index in [0.29, 0.717) is 13.2 Å². The molecule has 1 amide bonds. The van der Waals surface area contributed by atoms with Crippen LogP contribution in [-0.2, 0) is 4.79 Å². The number of hydrogen-bond donors (Lipinski definition) is 0. The van der Waals surface area contributed by atoms with Crippen LogP contribution in [0, 0.1) is 11.8 Å². The molecule has 0 fully saturated rings. The summed E-state index contributed by atoms with van der Waals surface area (Å²) in [4.78, 5) is 13.9. The number of halogens is 1. The molecular weight excluding hydrogens is 330 g/mol. The molecule has 1 aromatic carbocycles. The van der Waals surface area contributed by atoms with Crippen molar-refractivity contribution < 1.29 is 9.53 Å². The van der Waals surface area contributed by atoms with Gasteiger partial charge >= 0.3 is 0 Å². The quantitative estimate of drug-likeness (QED) is 0.616. The molecule has 2 rings (SSSR count). The van der Waals surface area contributed by atoms with E-state index in [1.54, 1.807) is 11.8 Å². The third-order valence-electron chi connectivity index (χ3n) is 3.30. The van der Waals surface area contributed by atoms with Gasteiger partial charge in [-0.05, 0) is 50.1 Å². The predicted molar refractivity (Wildman–Crippen MR) is 88.1 cm³/mol. The number of benzene rings is 1. The van der Waals surface area contributed by atoms with Crippen molar-refractivity contribution in [3.8, 4) is 17.6 Å².